The van der Waals surface area contributed by atoms with Gasteiger partial charge in [-0.15, -0.1) is 0 Å². The quantitative estimate of drug-likeness (QED) is 0.121. The summed E-state index contributed by atoms with van der Waals surface area (Å²) in [5.74, 6) is -2.23. The van der Waals surface area contributed by atoms with E-state index in [-0.39, 0.29) is 61.1 Å². The van der Waals surface area contributed by atoms with Crippen molar-refractivity contribution >= 4 is 40.5 Å². The Morgan fingerprint density at radius 3 is 2.47 bits per heavy atom. The summed E-state index contributed by atoms with van der Waals surface area (Å²) >= 11 is 0. The summed E-state index contributed by atoms with van der Waals surface area (Å²) in [5.41, 5.74) is 9.60. The summed E-state index contributed by atoms with van der Waals surface area (Å²) in [6.45, 7) is 14.7. The monoisotopic (exact) mass is 933 g/mol. The van der Waals surface area contributed by atoms with Gasteiger partial charge in [-0.25, -0.2) is 5.43 Å². The molecule has 0 spiro atoms. The Morgan fingerprint density at radius 1 is 1.03 bits per heavy atom. The molecule has 2 aromatic carbocycles. The number of aromatic hydroxyl groups is 1. The number of hydrogen-bond acceptors (Lipinski definition) is 11. The van der Waals surface area contributed by atoms with Gasteiger partial charge in [0, 0.05) is 87.3 Å². The molecular formula is C52H68N8O8. The molecule has 3 saturated heterocycles. The number of carbonyl (C=O) groups excluding carboxylic acids is 5. The smallest absolute Gasteiger partial charge is 0.324 e. The van der Waals surface area contributed by atoms with Gasteiger partial charge < -0.3 is 39.6 Å². The lowest BCUT2D eigenvalue weighted by atomic mass is 9.84. The number of amides is 4. The molecule has 0 radical (unpaired) electrons. The number of phenols is 1. The number of aromatic nitrogens is 2. The average molecular weight is 933 g/mol. The van der Waals surface area contributed by atoms with E-state index in [9.17, 15) is 29.1 Å². The molecule has 3 fully saturated rings. The van der Waals surface area contributed by atoms with Crippen molar-refractivity contribution in [2.75, 3.05) is 46.9 Å². The Hall–Kier alpha value is -5.84. The fourth-order valence-corrected chi connectivity index (χ4v) is 10.5. The van der Waals surface area contributed by atoms with Crippen molar-refractivity contribution in [3.8, 4) is 28.1 Å². The van der Waals surface area contributed by atoms with Crippen LogP contribution in [0.15, 0.2) is 54.7 Å². The molecular weight excluding hydrogens is 865 g/mol. The van der Waals surface area contributed by atoms with Gasteiger partial charge in [-0.05, 0) is 111 Å². The number of benzene rings is 2. The number of likely N-dealkylation sites (tertiary alicyclic amines) is 1. The third-order valence-electron chi connectivity index (χ3n) is 14.2. The van der Waals surface area contributed by atoms with Crippen LogP contribution in [-0.4, -0.2) is 130 Å². The fourth-order valence-electron chi connectivity index (χ4n) is 10.5. The summed E-state index contributed by atoms with van der Waals surface area (Å²) in [6, 6.07) is 12.5. The van der Waals surface area contributed by atoms with Crippen molar-refractivity contribution in [1.29, 1.82) is 0 Å². The highest BCUT2D eigenvalue weighted by Crippen LogP contribution is 2.42. The van der Waals surface area contributed by atoms with E-state index < -0.39 is 41.3 Å². The summed E-state index contributed by atoms with van der Waals surface area (Å²) < 4.78 is 14.2. The topological polar surface area (TPSA) is 198 Å². The molecule has 4 aromatic rings. The minimum absolute atomic E-state index is 0.00306. The van der Waals surface area contributed by atoms with Crippen molar-refractivity contribution in [1.82, 2.24) is 40.4 Å². The number of hydrogen-bond donors (Lipinski definition) is 4. The number of aryl methyl sites for hydroxylation is 1. The maximum absolute atomic E-state index is 14.8. The Balaban J connectivity index is 1.16. The molecule has 0 saturated carbocycles. The van der Waals surface area contributed by atoms with Gasteiger partial charge in [0.05, 0.1) is 30.1 Å². The first kappa shape index (κ1) is 48.6. The predicted molar refractivity (Wildman–Crippen MR) is 258 cm³/mol. The van der Waals surface area contributed by atoms with Crippen LogP contribution < -0.4 is 16.1 Å². The highest BCUT2D eigenvalue weighted by atomic mass is 16.5. The lowest BCUT2D eigenvalue weighted by Crippen LogP contribution is -2.62. The van der Waals surface area contributed by atoms with Gasteiger partial charge in [-0.3, -0.25) is 34.0 Å². The Bertz CT molecular complexity index is 2560. The SMILES string of the molecule is CCn1c(-c2cccnc2[C@H](C)OC)c2c3cc(ccc31)-c1cc(O)cc(c1)C[C@H](NC(=O)C(C(C)C)N(C)C(=O)C1CCN(C(=O)[C@H]3CN3)CC1)C(=O)N1CCC[C@H](N1)C(=O)OCC(C)(C)C2. The molecule has 4 N–H and O–H groups in total. The zero-order chi connectivity index (χ0) is 48.6. The number of hydrazine groups is 1. The summed E-state index contributed by atoms with van der Waals surface area (Å²) in [6.07, 6.45) is 4.00. The van der Waals surface area contributed by atoms with E-state index >= 15 is 0 Å². The number of esters is 1. The molecule has 5 atom stereocenters. The molecule has 1 unspecified atom stereocenters. The van der Waals surface area contributed by atoms with Gasteiger partial charge in [0.25, 0.3) is 5.91 Å². The Morgan fingerprint density at radius 2 is 1.78 bits per heavy atom. The number of nitrogens with zero attached hydrogens (tertiary/aromatic N) is 5. The number of ether oxygens (including phenoxy) is 2. The molecule has 4 aliphatic rings. The summed E-state index contributed by atoms with van der Waals surface area (Å²) in [7, 11) is 3.30. The number of piperidine rings is 1. The molecule has 16 heteroatoms. The van der Waals surface area contributed by atoms with Gasteiger partial charge >= 0.3 is 5.97 Å². The number of fused-ring (bicyclic) bond motifs is 6. The second kappa shape index (κ2) is 20.0. The highest BCUT2D eigenvalue weighted by molar-refractivity contribution is 5.96. The van der Waals surface area contributed by atoms with Crippen molar-refractivity contribution in [2.24, 2.45) is 17.3 Å². The molecule has 4 amide bonds. The van der Waals surface area contributed by atoms with Gasteiger partial charge in [-0.2, -0.15) is 0 Å². The number of nitrogens with one attached hydrogen (secondary N) is 3. The molecule has 2 aromatic heterocycles. The first-order chi connectivity index (χ1) is 32.5. The van der Waals surface area contributed by atoms with E-state index in [1.807, 2.05) is 39.0 Å². The Kier molecular flexibility index (Phi) is 14.3. The highest BCUT2D eigenvalue weighted by Gasteiger charge is 2.41. The minimum atomic E-state index is -1.15. The van der Waals surface area contributed by atoms with Crippen molar-refractivity contribution in [3.05, 3.63) is 71.5 Å². The number of likely N-dealkylation sites (N-methyl/N-ethyl adjacent to an activating group) is 1. The molecule has 6 heterocycles. The van der Waals surface area contributed by atoms with Crippen LogP contribution in [0.3, 0.4) is 0 Å². The Labute approximate surface area is 399 Å². The molecule has 6 bridgehead atoms. The van der Waals surface area contributed by atoms with E-state index in [1.165, 1.54) is 9.91 Å². The van der Waals surface area contributed by atoms with Crippen molar-refractivity contribution in [2.45, 2.75) is 117 Å². The van der Waals surface area contributed by atoms with Gasteiger partial charge in [0.15, 0.2) is 0 Å². The van der Waals surface area contributed by atoms with Crippen LogP contribution in [0.5, 0.6) is 5.75 Å². The number of cyclic esters (lactones) is 1. The lowest BCUT2D eigenvalue weighted by Gasteiger charge is -2.38. The zero-order valence-electron chi connectivity index (χ0n) is 40.8. The van der Waals surface area contributed by atoms with E-state index in [0.29, 0.717) is 63.8 Å². The molecule has 364 valence electrons. The second-order valence-corrected chi connectivity index (χ2v) is 20.2. The summed E-state index contributed by atoms with van der Waals surface area (Å²) in [4.78, 5) is 78.2. The number of pyridine rings is 1. The van der Waals surface area contributed by atoms with E-state index in [2.05, 4.69) is 59.6 Å². The molecule has 4 aliphatic heterocycles. The van der Waals surface area contributed by atoms with Crippen LogP contribution in [0.2, 0.25) is 0 Å². The van der Waals surface area contributed by atoms with Crippen molar-refractivity contribution in [3.63, 3.8) is 0 Å². The maximum atomic E-state index is 14.8. The van der Waals surface area contributed by atoms with Crippen LogP contribution in [0.25, 0.3) is 33.3 Å². The second-order valence-electron chi connectivity index (χ2n) is 20.2. The maximum Gasteiger partial charge on any atom is 0.324 e. The third-order valence-corrected chi connectivity index (χ3v) is 14.2. The zero-order valence-corrected chi connectivity index (χ0v) is 40.8. The summed E-state index contributed by atoms with van der Waals surface area (Å²) in [5, 5.41) is 19.8. The van der Waals surface area contributed by atoms with E-state index in [4.69, 9.17) is 14.5 Å². The average Bonchev–Trinajstić information content (AvgIpc) is 4.14. The number of phenolic OH excluding ortho intramolecular Hbond substituents is 1. The minimum Gasteiger partial charge on any atom is -0.508 e. The lowest BCUT2D eigenvalue weighted by molar-refractivity contribution is -0.155. The van der Waals surface area contributed by atoms with Crippen LogP contribution in [-0.2, 0) is 52.8 Å². The van der Waals surface area contributed by atoms with Gasteiger partial charge in [0.1, 0.15) is 23.9 Å². The van der Waals surface area contributed by atoms with Crippen LogP contribution in [0.4, 0.5) is 0 Å². The first-order valence-electron chi connectivity index (χ1n) is 24.3. The van der Waals surface area contributed by atoms with Crippen LogP contribution in [0, 0.1) is 17.3 Å². The fraction of sp³-hybridized carbons (Fsp3) is 0.538. The molecule has 16 nitrogen and oxygen atoms in total. The third kappa shape index (κ3) is 10.1. The van der Waals surface area contributed by atoms with Gasteiger partial charge in [-0.1, -0.05) is 39.8 Å². The number of carbonyl (C=O) groups is 5. The number of methoxy groups -OCH3 is 1. The van der Waals surface area contributed by atoms with Crippen LogP contribution in [0.1, 0.15) is 90.2 Å². The predicted octanol–water partition coefficient (Wildman–Crippen LogP) is 5.15. The molecule has 8 rings (SSSR count). The van der Waals surface area contributed by atoms with Gasteiger partial charge in [0.2, 0.25) is 17.7 Å². The molecule has 68 heavy (non-hydrogen) atoms. The largest absolute Gasteiger partial charge is 0.508 e. The first-order valence-corrected chi connectivity index (χ1v) is 24.3. The normalized spacial score (nSPS) is 22.0. The van der Waals surface area contributed by atoms with E-state index in [1.54, 1.807) is 37.4 Å². The standard InChI is InChI=1S/C52H68N8O8/c1-9-59-43-15-14-34-26-38(43)39(46(59)37-12-10-18-53-44(37)31(4)67-8)27-52(5,6)29-68-51(66)40-13-11-19-60(56-40)50(65)41(24-32-22-35(34)25-36(61)23-32)55-47(62)45(30(2)3)57(7)48(63)33-16-20-58(21-17-33)49(64)42-28-54-42/h10,12,14-15,18,22-23,25-26,30-31,33,40-42,45,54,56,61H,9,11,13,16-17,19-21,24,27-29H2,1-8H3,(H,55,62)/t31-,40-,41-,42+,45?/m0/s1. The van der Waals surface area contributed by atoms with E-state index in [0.717, 1.165) is 44.5 Å². The number of rotatable bonds is 10. The molecule has 0 aliphatic carbocycles. The van der Waals surface area contributed by atoms with Crippen LogP contribution >= 0.6 is 0 Å². The van der Waals surface area contributed by atoms with Crippen molar-refractivity contribution < 1.29 is 38.6 Å².